The van der Waals surface area contributed by atoms with E-state index in [9.17, 15) is 14.4 Å². The van der Waals surface area contributed by atoms with Gasteiger partial charge in [0.25, 0.3) is 5.91 Å². The Bertz CT molecular complexity index is 885. The smallest absolute Gasteiger partial charge is 0.254 e. The maximum absolute atomic E-state index is 13.7. The number of methoxy groups -OCH3 is 1. The summed E-state index contributed by atoms with van der Waals surface area (Å²) in [5.74, 6) is 0.396. The van der Waals surface area contributed by atoms with E-state index in [1.807, 2.05) is 4.90 Å². The van der Waals surface area contributed by atoms with Gasteiger partial charge in [-0.1, -0.05) is 0 Å². The van der Waals surface area contributed by atoms with Crippen LogP contribution in [0.4, 0.5) is 0 Å². The predicted molar refractivity (Wildman–Crippen MR) is 130 cm³/mol. The molecule has 2 atom stereocenters. The van der Waals surface area contributed by atoms with Crippen molar-refractivity contribution in [2.45, 2.75) is 31.3 Å². The van der Waals surface area contributed by atoms with Crippen LogP contribution >= 0.6 is 0 Å². The molecule has 2 unspecified atom stereocenters. The first kappa shape index (κ1) is 25.4. The topological polar surface area (TPSA) is 117 Å². The summed E-state index contributed by atoms with van der Waals surface area (Å²) in [6.07, 6.45) is 2.14. The number of nitrogens with one attached hydrogen (secondary N) is 1. The summed E-state index contributed by atoms with van der Waals surface area (Å²) in [6.45, 7) is 5.29. The van der Waals surface area contributed by atoms with E-state index in [2.05, 4.69) is 10.2 Å². The number of ether oxygens (including phenoxy) is 2. The molecule has 1 aromatic rings. The van der Waals surface area contributed by atoms with Gasteiger partial charge in [0.15, 0.2) is 0 Å². The lowest BCUT2D eigenvalue weighted by molar-refractivity contribution is -0.139. The number of nitrogens with zero attached hydrogens (tertiary/aromatic N) is 3. The van der Waals surface area contributed by atoms with Crippen molar-refractivity contribution in [1.29, 1.82) is 0 Å². The lowest BCUT2D eigenvalue weighted by Crippen LogP contribution is -2.48. The summed E-state index contributed by atoms with van der Waals surface area (Å²) in [5.41, 5.74) is 6.13. The molecule has 3 fully saturated rings. The van der Waals surface area contributed by atoms with Crippen LogP contribution in [0.15, 0.2) is 24.3 Å². The molecular formula is C25H37N5O5. The highest BCUT2D eigenvalue weighted by molar-refractivity contribution is 5.95. The van der Waals surface area contributed by atoms with Gasteiger partial charge in [-0.25, -0.2) is 0 Å². The van der Waals surface area contributed by atoms with Crippen LogP contribution in [0.3, 0.4) is 0 Å². The number of amides is 3. The Hall–Kier alpha value is -2.69. The molecule has 2 aliphatic heterocycles. The molecule has 3 amide bonds. The van der Waals surface area contributed by atoms with Crippen LogP contribution < -0.4 is 15.8 Å². The number of nitrogens with two attached hydrogens (primary N) is 1. The van der Waals surface area contributed by atoms with Gasteiger partial charge in [0.2, 0.25) is 11.8 Å². The fourth-order valence-electron chi connectivity index (χ4n) is 4.83. The number of rotatable bonds is 10. The summed E-state index contributed by atoms with van der Waals surface area (Å²) in [4.78, 5) is 45.5. The van der Waals surface area contributed by atoms with Gasteiger partial charge >= 0.3 is 0 Å². The highest BCUT2D eigenvalue weighted by Crippen LogP contribution is 2.35. The summed E-state index contributed by atoms with van der Waals surface area (Å²) in [7, 11) is 1.59. The van der Waals surface area contributed by atoms with Crippen LogP contribution in [-0.4, -0.2) is 111 Å². The zero-order chi connectivity index (χ0) is 24.8. The average Bonchev–Trinajstić information content (AvgIpc) is 3.66. The van der Waals surface area contributed by atoms with Gasteiger partial charge in [0, 0.05) is 57.3 Å². The number of benzene rings is 1. The van der Waals surface area contributed by atoms with E-state index < -0.39 is 6.04 Å². The van der Waals surface area contributed by atoms with E-state index in [0.717, 1.165) is 25.9 Å². The molecule has 10 heteroatoms. The number of hydrogen-bond acceptors (Lipinski definition) is 7. The van der Waals surface area contributed by atoms with Crippen molar-refractivity contribution in [1.82, 2.24) is 20.0 Å². The monoisotopic (exact) mass is 487 g/mol. The first-order valence-electron chi connectivity index (χ1n) is 12.5. The van der Waals surface area contributed by atoms with Crippen LogP contribution in [0.1, 0.15) is 29.6 Å². The Labute approximate surface area is 206 Å². The van der Waals surface area contributed by atoms with E-state index >= 15 is 0 Å². The normalized spacial score (nSPS) is 22.6. The van der Waals surface area contributed by atoms with Crippen molar-refractivity contribution in [3.8, 4) is 5.75 Å². The maximum atomic E-state index is 13.7. The third kappa shape index (κ3) is 6.31. The quantitative estimate of drug-likeness (QED) is 0.474. The summed E-state index contributed by atoms with van der Waals surface area (Å²) in [5, 5.41) is 2.84. The minimum absolute atomic E-state index is 0.00218. The maximum Gasteiger partial charge on any atom is 0.254 e. The lowest BCUT2D eigenvalue weighted by atomic mass is 10.1. The highest BCUT2D eigenvalue weighted by atomic mass is 16.5. The summed E-state index contributed by atoms with van der Waals surface area (Å²) < 4.78 is 10.7. The third-order valence-corrected chi connectivity index (χ3v) is 7.03. The van der Waals surface area contributed by atoms with E-state index in [0.29, 0.717) is 63.7 Å². The van der Waals surface area contributed by atoms with Crippen LogP contribution in [0, 0.1) is 5.92 Å². The van der Waals surface area contributed by atoms with Gasteiger partial charge in [0.05, 0.1) is 26.4 Å². The number of carbonyl (C=O) groups excluding carboxylic acids is 3. The number of carbonyl (C=O) groups is 3. The first-order valence-corrected chi connectivity index (χ1v) is 12.5. The molecule has 192 valence electrons. The number of hydrogen-bond donors (Lipinski definition) is 2. The molecule has 10 nitrogen and oxygen atoms in total. The Morgan fingerprint density at radius 3 is 2.51 bits per heavy atom. The molecule has 35 heavy (non-hydrogen) atoms. The standard InChI is InChI=1S/C25H37N5O5/c1-34-21-6-4-19(5-7-21)24(32)29(11-10-28-12-14-35-15-13-28)20-16-22(23(31)27-9-8-26)30(17-20)25(33)18-2-3-18/h4-7,18,20,22H,2-3,8-17,26H2,1H3,(H,27,31). The second kappa shape index (κ2) is 11.8. The fraction of sp³-hybridized carbons (Fsp3) is 0.640. The van der Waals surface area contributed by atoms with Gasteiger partial charge in [-0.05, 0) is 43.5 Å². The zero-order valence-corrected chi connectivity index (χ0v) is 20.5. The molecule has 2 saturated heterocycles. The summed E-state index contributed by atoms with van der Waals surface area (Å²) in [6, 6.07) is 6.23. The van der Waals surface area contributed by atoms with E-state index in [4.69, 9.17) is 15.2 Å². The van der Waals surface area contributed by atoms with Crippen LogP contribution in [0.25, 0.3) is 0 Å². The van der Waals surface area contributed by atoms with Crippen molar-refractivity contribution in [3.63, 3.8) is 0 Å². The average molecular weight is 488 g/mol. The van der Waals surface area contributed by atoms with Gasteiger partial charge < -0.3 is 30.3 Å². The third-order valence-electron chi connectivity index (χ3n) is 7.03. The van der Waals surface area contributed by atoms with Crippen LogP contribution in [-0.2, 0) is 14.3 Å². The minimum Gasteiger partial charge on any atom is -0.497 e. The van der Waals surface area contributed by atoms with E-state index in [1.165, 1.54) is 0 Å². The number of likely N-dealkylation sites (tertiary alicyclic amines) is 1. The Morgan fingerprint density at radius 1 is 1.17 bits per heavy atom. The van der Waals surface area contributed by atoms with Crippen LogP contribution in [0.2, 0.25) is 0 Å². The second-order valence-corrected chi connectivity index (χ2v) is 9.43. The van der Waals surface area contributed by atoms with Gasteiger partial charge in [-0.15, -0.1) is 0 Å². The van der Waals surface area contributed by atoms with Gasteiger partial charge in [0.1, 0.15) is 11.8 Å². The zero-order valence-electron chi connectivity index (χ0n) is 20.5. The Kier molecular flexibility index (Phi) is 8.59. The molecule has 4 rings (SSSR count). The van der Waals surface area contributed by atoms with Crippen molar-refractivity contribution in [3.05, 3.63) is 29.8 Å². The SMILES string of the molecule is COc1ccc(C(=O)N(CCN2CCOCC2)C2CC(C(=O)NCCN)N(C(=O)C3CC3)C2)cc1. The van der Waals surface area contributed by atoms with Crippen molar-refractivity contribution >= 4 is 17.7 Å². The lowest BCUT2D eigenvalue weighted by Gasteiger charge is -2.33. The van der Waals surface area contributed by atoms with Gasteiger partial charge in [-0.3, -0.25) is 19.3 Å². The summed E-state index contributed by atoms with van der Waals surface area (Å²) >= 11 is 0. The first-order chi connectivity index (χ1) is 17.0. The molecule has 0 aromatic heterocycles. The molecule has 1 saturated carbocycles. The second-order valence-electron chi connectivity index (χ2n) is 9.43. The van der Waals surface area contributed by atoms with Crippen molar-refractivity contribution < 1.29 is 23.9 Å². The molecule has 1 aromatic carbocycles. The molecule has 0 radical (unpaired) electrons. The van der Waals surface area contributed by atoms with Gasteiger partial charge in [-0.2, -0.15) is 0 Å². The molecule has 3 aliphatic rings. The van der Waals surface area contributed by atoms with Crippen molar-refractivity contribution in [2.75, 3.05) is 66.1 Å². The predicted octanol–water partition coefficient (Wildman–Crippen LogP) is -0.0760. The Balaban J connectivity index is 1.54. The molecule has 1 aliphatic carbocycles. The van der Waals surface area contributed by atoms with Crippen molar-refractivity contribution in [2.24, 2.45) is 11.7 Å². The molecule has 0 spiro atoms. The van der Waals surface area contributed by atoms with E-state index in [1.54, 1.807) is 36.3 Å². The largest absolute Gasteiger partial charge is 0.497 e. The molecule has 2 heterocycles. The number of morpholine rings is 1. The molecule has 3 N–H and O–H groups in total. The molecule has 0 bridgehead atoms. The minimum atomic E-state index is -0.589. The fourth-order valence-corrected chi connectivity index (χ4v) is 4.83. The highest BCUT2D eigenvalue weighted by Gasteiger charge is 2.46. The Morgan fingerprint density at radius 2 is 1.89 bits per heavy atom. The van der Waals surface area contributed by atoms with E-state index in [-0.39, 0.29) is 29.7 Å². The molecular weight excluding hydrogens is 450 g/mol. The van der Waals surface area contributed by atoms with Crippen LogP contribution in [0.5, 0.6) is 5.75 Å².